The van der Waals surface area contributed by atoms with Crippen molar-refractivity contribution in [2.24, 2.45) is 0 Å². The van der Waals surface area contributed by atoms with E-state index in [1.165, 1.54) is 0 Å². The Bertz CT molecular complexity index is 163. The topological polar surface area (TPSA) is 39.8 Å². The Morgan fingerprint density at radius 3 is 1.21 bits per heavy atom. The van der Waals surface area contributed by atoms with Crippen molar-refractivity contribution in [3.8, 4) is 0 Å². The minimum atomic E-state index is -1.46. The molecule has 1 radical (unpaired) electrons. The van der Waals surface area contributed by atoms with Crippen LogP contribution in [0.4, 0.5) is 0 Å². The quantitative estimate of drug-likeness (QED) is 0.301. The number of halogens is 3. The average molecular weight is 314 g/mol. The molecule has 0 fully saturated rings. The van der Waals surface area contributed by atoms with Crippen molar-refractivity contribution >= 4 is 39.7 Å². The van der Waals surface area contributed by atoms with E-state index < -0.39 is 5.98 Å². The molecule has 0 aliphatic carbocycles. The molecule has 79 valence electrons. The van der Waals surface area contributed by atoms with Gasteiger partial charge in [0.1, 0.15) is 33.7 Å². The van der Waals surface area contributed by atoms with Crippen LogP contribution >= 0.6 is 39.7 Å². The zero-order chi connectivity index (χ0) is 11.1. The first-order valence-electron chi connectivity index (χ1n) is 2.64. The normalized spacial score (nSPS) is 5.71. The molecule has 0 N–H and O–H groups in total. The molecule has 0 aromatic heterocycles. The molecule has 14 heavy (non-hydrogen) atoms. The summed E-state index contributed by atoms with van der Waals surface area (Å²) in [7, 11) is 0. The average Bonchev–Trinajstić information content (AvgIpc) is 2.67. The van der Waals surface area contributed by atoms with Gasteiger partial charge in [0.15, 0.2) is 0 Å². The molecule has 0 heterocycles. The van der Waals surface area contributed by atoms with Crippen LogP contribution in [0.3, 0.4) is 0 Å². The van der Waals surface area contributed by atoms with Gasteiger partial charge in [-0.15, -0.1) is 0 Å². The van der Waals surface area contributed by atoms with Gasteiger partial charge in [-0.3, -0.25) is 0 Å². The minimum Gasteiger partial charge on any atom is -0.214 e. The van der Waals surface area contributed by atoms with E-state index >= 15 is 0 Å². The molecule has 0 saturated carbocycles. The Balaban J connectivity index is -0.0000000511. The van der Waals surface area contributed by atoms with E-state index in [-0.39, 0.29) is 17.1 Å². The first-order chi connectivity index (χ1) is 6.23. The van der Waals surface area contributed by atoms with Gasteiger partial charge in [0.25, 0.3) is 5.98 Å². The summed E-state index contributed by atoms with van der Waals surface area (Å²) >= 11 is 14.7. The van der Waals surface area contributed by atoms with Crippen LogP contribution in [0.5, 0.6) is 0 Å². The summed E-state index contributed by atoms with van der Waals surface area (Å²) in [6.07, 6.45) is 0. The second-order valence-corrected chi connectivity index (χ2v) is 6.75. The summed E-state index contributed by atoms with van der Waals surface area (Å²) in [4.78, 5) is 0. The predicted octanol–water partition coefficient (Wildman–Crippen LogP) is 3.99. The summed E-state index contributed by atoms with van der Waals surface area (Å²) in [6.45, 7) is 9.00. The van der Waals surface area contributed by atoms with Crippen LogP contribution in [0, 0.1) is 13.3 Å². The predicted molar refractivity (Wildman–Crippen MR) is 55.8 cm³/mol. The third-order valence-corrected chi connectivity index (χ3v) is 0.556. The zero-order valence-electron chi connectivity index (χ0n) is 6.72. The van der Waals surface area contributed by atoms with Crippen molar-refractivity contribution < 1.29 is 26.4 Å². The van der Waals surface area contributed by atoms with Crippen molar-refractivity contribution in [1.82, 2.24) is 0 Å². The SMILES string of the molecule is Cl[PH+](Cl)Cl.[C-]#[O+].[C-]#[O+].[Mn].c1cc[cH-]c1. The fourth-order valence-electron chi connectivity index (χ4n) is 0.321. The van der Waals surface area contributed by atoms with E-state index in [9.17, 15) is 0 Å². The number of hydrogen-bond donors (Lipinski definition) is 0. The van der Waals surface area contributed by atoms with E-state index in [0.29, 0.717) is 0 Å². The van der Waals surface area contributed by atoms with Crippen LogP contribution in [-0.2, 0) is 26.4 Å². The number of hydrogen-bond acceptors (Lipinski definition) is 0. The molecule has 0 spiro atoms. The number of rotatable bonds is 0. The van der Waals surface area contributed by atoms with Crippen molar-refractivity contribution in [3.63, 3.8) is 0 Å². The zero-order valence-corrected chi connectivity index (χ0v) is 11.2. The Labute approximate surface area is 109 Å². The summed E-state index contributed by atoms with van der Waals surface area (Å²) < 4.78 is 15.0. The van der Waals surface area contributed by atoms with E-state index in [1.54, 1.807) is 0 Å². The van der Waals surface area contributed by atoms with E-state index in [2.05, 4.69) is 13.3 Å². The molecule has 1 rings (SSSR count). The Kier molecular flexibility index (Phi) is 50.2. The molecule has 0 atom stereocenters. The first-order valence-corrected chi connectivity index (χ1v) is 7.18. The third-order valence-electron chi connectivity index (χ3n) is 0.556. The van der Waals surface area contributed by atoms with Crippen molar-refractivity contribution in [2.75, 3.05) is 0 Å². The van der Waals surface area contributed by atoms with Gasteiger partial charge in [0, 0.05) is 17.1 Å². The Morgan fingerprint density at radius 2 is 1.14 bits per heavy atom. The molecule has 0 aliphatic rings. The van der Waals surface area contributed by atoms with Crippen molar-refractivity contribution in [1.29, 1.82) is 0 Å². The van der Waals surface area contributed by atoms with Gasteiger partial charge in [-0.05, 0) is 0 Å². The van der Waals surface area contributed by atoms with Gasteiger partial charge in [0.2, 0.25) is 0 Å². The second-order valence-electron chi connectivity index (χ2n) is 1.18. The fourth-order valence-corrected chi connectivity index (χ4v) is 0.321. The summed E-state index contributed by atoms with van der Waals surface area (Å²) in [5, 5.41) is 0. The molecule has 7 heteroatoms. The van der Waals surface area contributed by atoms with E-state index in [4.69, 9.17) is 43.0 Å². The Hall–Kier alpha value is 0.649. The molecule has 1 aromatic carbocycles. The maximum atomic E-state index is 7.50. The molecule has 0 amide bonds. The van der Waals surface area contributed by atoms with Gasteiger partial charge in [-0.25, -0.2) is 12.1 Å². The molecule has 0 unspecified atom stereocenters. The fraction of sp³-hybridized carbons (Fsp3) is 0. The second kappa shape index (κ2) is 29.2. The van der Waals surface area contributed by atoms with Gasteiger partial charge in [0.05, 0.1) is 0 Å². The summed E-state index contributed by atoms with van der Waals surface area (Å²) in [5.41, 5.74) is 0. The molecular formula is C7H6Cl3MnO2P. The molecule has 1 aromatic rings. The Morgan fingerprint density at radius 1 is 0.929 bits per heavy atom. The van der Waals surface area contributed by atoms with Crippen LogP contribution < -0.4 is 0 Å². The van der Waals surface area contributed by atoms with Crippen LogP contribution in [0.2, 0.25) is 0 Å². The summed E-state index contributed by atoms with van der Waals surface area (Å²) in [5.74, 6) is -1.46. The maximum Gasteiger partial charge on any atom is 0 e. The van der Waals surface area contributed by atoms with E-state index in [1.807, 2.05) is 30.3 Å². The minimum absolute atomic E-state index is 0. The van der Waals surface area contributed by atoms with Crippen LogP contribution in [0.1, 0.15) is 0 Å². The maximum absolute atomic E-state index is 7.50. The van der Waals surface area contributed by atoms with Crippen molar-refractivity contribution in [2.45, 2.75) is 0 Å². The van der Waals surface area contributed by atoms with Gasteiger partial charge >= 0.3 is 22.6 Å². The molecular weight excluding hydrogens is 308 g/mol. The van der Waals surface area contributed by atoms with Crippen LogP contribution in [-0.4, -0.2) is 0 Å². The molecule has 0 aliphatic heterocycles. The van der Waals surface area contributed by atoms with Crippen LogP contribution in [0.25, 0.3) is 0 Å². The molecule has 0 bridgehead atoms. The van der Waals surface area contributed by atoms with Gasteiger partial charge < -0.3 is 0 Å². The van der Waals surface area contributed by atoms with Gasteiger partial charge in [-0.2, -0.15) is 18.2 Å². The first kappa shape index (κ1) is 24.1. The molecule has 0 saturated heterocycles. The monoisotopic (exact) mass is 313 g/mol. The van der Waals surface area contributed by atoms with Crippen LogP contribution in [0.15, 0.2) is 30.3 Å². The standard InChI is InChI=1S/C5H5.2CO.Cl3P.Mn/c1-2-4-5-3-1;2*1-2;1-4(2)3;/h1-5H;;;;/q-1;;;;/p+1. The third kappa shape index (κ3) is 53.8. The largest absolute Gasteiger partial charge is 0.214 e. The summed E-state index contributed by atoms with van der Waals surface area (Å²) in [6, 6.07) is 10.0. The molecule has 2 nitrogen and oxygen atoms in total. The van der Waals surface area contributed by atoms with E-state index in [0.717, 1.165) is 0 Å². The van der Waals surface area contributed by atoms with Crippen molar-refractivity contribution in [3.05, 3.63) is 43.6 Å². The smallest absolute Gasteiger partial charge is 0 e. The van der Waals surface area contributed by atoms with Gasteiger partial charge in [-0.1, -0.05) is 0 Å².